The number of ether oxygens (including phenoxy) is 2. The lowest BCUT2D eigenvalue weighted by molar-refractivity contribution is -0.128. The second-order valence-electron chi connectivity index (χ2n) is 7.25. The van der Waals surface area contributed by atoms with Gasteiger partial charge in [0.2, 0.25) is 12.7 Å². The van der Waals surface area contributed by atoms with Gasteiger partial charge in [0.05, 0.1) is 19.2 Å². The van der Waals surface area contributed by atoms with Gasteiger partial charge in [0.15, 0.2) is 11.5 Å². The van der Waals surface area contributed by atoms with E-state index in [1.165, 1.54) is 0 Å². The number of fused-ring (bicyclic) bond motifs is 1. The number of carbonyl (C=O) groups excluding carboxylic acids is 3. The van der Waals surface area contributed by atoms with E-state index in [0.29, 0.717) is 11.5 Å². The van der Waals surface area contributed by atoms with E-state index in [1.807, 2.05) is 13.8 Å². The summed E-state index contributed by atoms with van der Waals surface area (Å²) in [5, 5.41) is 14.6. The Bertz CT molecular complexity index is 766. The van der Waals surface area contributed by atoms with Crippen LogP contribution >= 0.6 is 0 Å². The summed E-state index contributed by atoms with van der Waals surface area (Å²) in [7, 11) is 0. The number of benzene rings is 1. The van der Waals surface area contributed by atoms with Gasteiger partial charge in [0, 0.05) is 6.42 Å². The normalized spacial score (nSPS) is 19.1. The number of imide groups is 1. The third-order valence-electron chi connectivity index (χ3n) is 4.89. The molecule has 0 aliphatic carbocycles. The number of rotatable bonds is 8. The van der Waals surface area contributed by atoms with Crippen LogP contribution in [0.4, 0.5) is 4.79 Å². The van der Waals surface area contributed by atoms with Gasteiger partial charge in [-0.25, -0.2) is 4.79 Å². The Kier molecular flexibility index (Phi) is 6.03. The van der Waals surface area contributed by atoms with Gasteiger partial charge in [-0.2, -0.15) is 0 Å². The van der Waals surface area contributed by atoms with Gasteiger partial charge in [0.25, 0.3) is 5.91 Å². The number of nitrogens with one attached hydrogen (secondary N) is 2. The summed E-state index contributed by atoms with van der Waals surface area (Å²) in [6.45, 7) is 3.92. The minimum atomic E-state index is -0.737. The summed E-state index contributed by atoms with van der Waals surface area (Å²) in [5.41, 5.74) is 0.744. The van der Waals surface area contributed by atoms with E-state index in [2.05, 4.69) is 10.6 Å². The minimum absolute atomic E-state index is 0.0811. The average Bonchev–Trinajstić information content (AvgIpc) is 3.23. The van der Waals surface area contributed by atoms with Gasteiger partial charge < -0.3 is 25.2 Å². The molecule has 1 aromatic carbocycles. The molecule has 0 aromatic heterocycles. The first-order chi connectivity index (χ1) is 13.4. The van der Waals surface area contributed by atoms with Crippen LogP contribution in [0.2, 0.25) is 0 Å². The van der Waals surface area contributed by atoms with Crippen molar-refractivity contribution in [2.24, 2.45) is 5.92 Å². The molecule has 9 nitrogen and oxygen atoms in total. The van der Waals surface area contributed by atoms with Crippen LogP contribution in [0.3, 0.4) is 0 Å². The summed E-state index contributed by atoms with van der Waals surface area (Å²) in [6.07, 6.45) is 0.280. The van der Waals surface area contributed by atoms with E-state index >= 15 is 0 Å². The molecular weight excluding hydrogens is 366 g/mol. The fraction of sp³-hybridized carbons (Fsp3) is 0.526. The van der Waals surface area contributed by atoms with Gasteiger partial charge in [-0.1, -0.05) is 19.9 Å². The van der Waals surface area contributed by atoms with Crippen LogP contribution in [0.1, 0.15) is 32.3 Å². The quantitative estimate of drug-likeness (QED) is 0.563. The fourth-order valence-electron chi connectivity index (χ4n) is 3.12. The second kappa shape index (κ2) is 8.47. The van der Waals surface area contributed by atoms with Crippen LogP contribution in [0.25, 0.3) is 0 Å². The van der Waals surface area contributed by atoms with Crippen molar-refractivity contribution in [3.8, 4) is 11.5 Å². The summed E-state index contributed by atoms with van der Waals surface area (Å²) in [6, 6.07) is 3.70. The zero-order valence-electron chi connectivity index (χ0n) is 15.9. The first-order valence-electron chi connectivity index (χ1n) is 9.29. The number of aliphatic hydroxyl groups is 1. The number of carbonyl (C=O) groups is 3. The number of amides is 4. The van der Waals surface area contributed by atoms with Crippen LogP contribution in [0, 0.1) is 5.92 Å². The molecule has 2 aliphatic heterocycles. The predicted molar refractivity (Wildman–Crippen MR) is 98.5 cm³/mol. The van der Waals surface area contributed by atoms with E-state index in [0.717, 1.165) is 10.5 Å². The van der Waals surface area contributed by atoms with E-state index in [-0.39, 0.29) is 56.6 Å². The molecule has 28 heavy (non-hydrogen) atoms. The highest BCUT2D eigenvalue weighted by molar-refractivity contribution is 6.04. The number of urea groups is 1. The first kappa shape index (κ1) is 19.9. The van der Waals surface area contributed by atoms with Gasteiger partial charge in [-0.3, -0.25) is 14.5 Å². The van der Waals surface area contributed by atoms with Crippen molar-refractivity contribution in [2.75, 3.05) is 13.4 Å². The summed E-state index contributed by atoms with van der Waals surface area (Å²) in [5.74, 6) is 0.690. The highest BCUT2D eigenvalue weighted by Gasteiger charge is 2.38. The SMILES string of the molecule is CC(C)[C@@H](CO)NC(=O)CC[C@@H]1NC(=O)N(Cc2ccc3c(c2)OCO3)C1=O. The molecule has 3 N–H and O–H groups in total. The number of nitrogens with zero attached hydrogens (tertiary/aromatic N) is 1. The van der Waals surface area contributed by atoms with Crippen LogP contribution < -0.4 is 20.1 Å². The van der Waals surface area contributed by atoms with E-state index in [1.54, 1.807) is 18.2 Å². The molecule has 0 saturated carbocycles. The lowest BCUT2D eigenvalue weighted by atomic mass is 10.0. The summed E-state index contributed by atoms with van der Waals surface area (Å²) < 4.78 is 10.6. The molecule has 1 saturated heterocycles. The Morgan fingerprint density at radius 2 is 2.07 bits per heavy atom. The zero-order valence-corrected chi connectivity index (χ0v) is 15.9. The Morgan fingerprint density at radius 3 is 2.79 bits per heavy atom. The number of hydrogen-bond acceptors (Lipinski definition) is 6. The molecule has 3 rings (SSSR count). The summed E-state index contributed by atoms with van der Waals surface area (Å²) >= 11 is 0. The molecule has 0 radical (unpaired) electrons. The van der Waals surface area contributed by atoms with Crippen LogP contribution in [0.15, 0.2) is 18.2 Å². The average molecular weight is 391 g/mol. The Hall–Kier alpha value is -2.81. The third-order valence-corrected chi connectivity index (χ3v) is 4.89. The second-order valence-corrected chi connectivity index (χ2v) is 7.25. The van der Waals surface area contributed by atoms with Crippen molar-refractivity contribution in [3.63, 3.8) is 0 Å². The third kappa shape index (κ3) is 4.36. The number of hydrogen-bond donors (Lipinski definition) is 3. The Balaban J connectivity index is 1.54. The predicted octanol–water partition coefficient (Wildman–Crippen LogP) is 0.749. The van der Waals surface area contributed by atoms with Crippen molar-refractivity contribution >= 4 is 17.8 Å². The molecule has 2 aliphatic rings. The lowest BCUT2D eigenvalue weighted by Crippen LogP contribution is -2.42. The van der Waals surface area contributed by atoms with E-state index in [4.69, 9.17) is 9.47 Å². The summed E-state index contributed by atoms with van der Waals surface area (Å²) in [4.78, 5) is 38.0. The molecule has 2 atom stereocenters. The highest BCUT2D eigenvalue weighted by Crippen LogP contribution is 2.33. The molecular formula is C19H25N3O6. The van der Waals surface area contributed by atoms with Crippen LogP contribution in [0.5, 0.6) is 11.5 Å². The Morgan fingerprint density at radius 1 is 1.32 bits per heavy atom. The van der Waals surface area contributed by atoms with Crippen molar-refractivity contribution in [1.82, 2.24) is 15.5 Å². The standard InChI is InChI=1S/C19H25N3O6/c1-11(2)14(9-23)20-17(24)6-4-13-18(25)22(19(26)21-13)8-12-3-5-15-16(7-12)28-10-27-15/h3,5,7,11,13-14,23H,4,6,8-10H2,1-2H3,(H,20,24)(H,21,26)/t13-,14+/m0/s1. The van der Waals surface area contributed by atoms with Crippen LogP contribution in [-0.4, -0.2) is 53.3 Å². The first-order valence-corrected chi connectivity index (χ1v) is 9.29. The molecule has 2 heterocycles. The highest BCUT2D eigenvalue weighted by atomic mass is 16.7. The zero-order chi connectivity index (χ0) is 20.3. The maximum atomic E-state index is 12.6. The van der Waals surface area contributed by atoms with Crippen molar-refractivity contribution < 1.29 is 29.0 Å². The number of aliphatic hydroxyl groups excluding tert-OH is 1. The smallest absolute Gasteiger partial charge is 0.325 e. The van der Waals surface area contributed by atoms with Gasteiger partial charge in [-0.15, -0.1) is 0 Å². The van der Waals surface area contributed by atoms with Crippen LogP contribution in [-0.2, 0) is 16.1 Å². The van der Waals surface area contributed by atoms with Gasteiger partial charge >= 0.3 is 6.03 Å². The van der Waals surface area contributed by atoms with Crippen molar-refractivity contribution in [1.29, 1.82) is 0 Å². The fourth-order valence-corrected chi connectivity index (χ4v) is 3.12. The minimum Gasteiger partial charge on any atom is -0.454 e. The molecule has 152 valence electrons. The largest absolute Gasteiger partial charge is 0.454 e. The maximum Gasteiger partial charge on any atom is 0.325 e. The maximum absolute atomic E-state index is 12.6. The Labute approximate surface area is 163 Å². The topological polar surface area (TPSA) is 117 Å². The van der Waals surface area contributed by atoms with E-state index < -0.39 is 12.1 Å². The molecule has 0 spiro atoms. The van der Waals surface area contributed by atoms with Crippen molar-refractivity contribution in [2.45, 2.75) is 45.3 Å². The molecule has 1 fully saturated rings. The molecule has 0 unspecified atom stereocenters. The van der Waals surface area contributed by atoms with Gasteiger partial charge in [0.1, 0.15) is 6.04 Å². The molecule has 9 heteroatoms. The molecule has 4 amide bonds. The monoisotopic (exact) mass is 391 g/mol. The molecule has 0 bridgehead atoms. The molecule has 1 aromatic rings. The van der Waals surface area contributed by atoms with Gasteiger partial charge in [-0.05, 0) is 30.0 Å². The van der Waals surface area contributed by atoms with E-state index in [9.17, 15) is 19.5 Å². The lowest BCUT2D eigenvalue weighted by Gasteiger charge is -2.20. The van der Waals surface area contributed by atoms with Crippen molar-refractivity contribution in [3.05, 3.63) is 23.8 Å².